The van der Waals surface area contributed by atoms with E-state index in [1.54, 1.807) is 0 Å². The number of imidazole rings is 1. The molecule has 3 aliphatic rings. The van der Waals surface area contributed by atoms with Gasteiger partial charge >= 0.3 is 121 Å². The maximum atomic E-state index is 5.56. The summed E-state index contributed by atoms with van der Waals surface area (Å²) in [5, 5.41) is 0. The van der Waals surface area contributed by atoms with Crippen LogP contribution in [0.5, 0.6) is 0 Å². The van der Waals surface area contributed by atoms with Gasteiger partial charge in [0.1, 0.15) is 0 Å². The maximum absolute atomic E-state index is 5.56. The topological polar surface area (TPSA) is 13.1 Å². The van der Waals surface area contributed by atoms with Crippen molar-refractivity contribution in [3.8, 4) is 0 Å². The molecule has 1 aromatic rings. The molecule has 0 radical (unpaired) electrons. The first-order chi connectivity index (χ1) is 13.2. The van der Waals surface area contributed by atoms with Crippen molar-refractivity contribution in [1.29, 1.82) is 0 Å². The molecule has 0 N–H and O–H groups in total. The van der Waals surface area contributed by atoms with Crippen LogP contribution in [-0.4, -0.2) is 19.1 Å². The van der Waals surface area contributed by atoms with E-state index in [1.165, 1.54) is 91.2 Å². The molecule has 0 unspecified atom stereocenters. The van der Waals surface area contributed by atoms with Gasteiger partial charge in [-0.05, 0) is 36.4 Å². The van der Waals surface area contributed by atoms with Gasteiger partial charge in [-0.25, -0.2) is 0 Å². The quantitative estimate of drug-likeness (QED) is 0.334. The molecule has 3 fully saturated rings. The van der Waals surface area contributed by atoms with Gasteiger partial charge in [0, 0.05) is 6.04 Å². The normalized spacial score (nSPS) is 23.3. The van der Waals surface area contributed by atoms with E-state index in [-0.39, 0.29) is 0 Å². The third-order valence-corrected chi connectivity index (χ3v) is 8.29. The standard InChI is InChI=1S/C15H24N2.C6H11Cl2N.Pt/c1-3-7-14(8-4-1)16-11-12-17(13-16)15-9-5-2-6-10-15;7-9(8)6-4-2-1-3-5-6;/h11-12,14-15H,1-10H2;6H,1-5H2;. The Morgan fingerprint density at radius 1 is 0.667 bits per heavy atom. The van der Waals surface area contributed by atoms with Crippen molar-refractivity contribution in [2.24, 2.45) is 0 Å². The summed E-state index contributed by atoms with van der Waals surface area (Å²) >= 11 is 13.7. The number of aromatic nitrogens is 2. The first-order valence-corrected chi connectivity index (χ1v) is 12.8. The SMILES string of the molecule is ClN(Cl)C1CCCCC1.[Pt]=[c]1n(C2CCCCC2)ccn1C1CCCCC1. The van der Waals surface area contributed by atoms with Crippen molar-refractivity contribution < 1.29 is 19.4 Å². The van der Waals surface area contributed by atoms with E-state index >= 15 is 0 Å². The third kappa shape index (κ3) is 6.46. The second-order valence-corrected chi connectivity index (χ2v) is 10.4. The van der Waals surface area contributed by atoms with Gasteiger partial charge in [-0.2, -0.15) is 0 Å². The van der Waals surface area contributed by atoms with E-state index in [0.717, 1.165) is 24.9 Å². The molecule has 158 valence electrons. The molecule has 3 aliphatic carbocycles. The summed E-state index contributed by atoms with van der Waals surface area (Å²) in [4.78, 5) is 0. The van der Waals surface area contributed by atoms with Crippen LogP contribution >= 0.6 is 23.6 Å². The van der Waals surface area contributed by atoms with Crippen LogP contribution < -0.4 is 0 Å². The molecular formula is C21H35Cl2N3Pt. The van der Waals surface area contributed by atoms with Crippen LogP contribution in [0.3, 0.4) is 0 Å². The average molecular weight is 596 g/mol. The molecule has 0 amide bonds. The van der Waals surface area contributed by atoms with E-state index in [1.807, 2.05) is 0 Å². The molecule has 0 aromatic carbocycles. The van der Waals surface area contributed by atoms with Gasteiger partial charge in [0.25, 0.3) is 0 Å². The first kappa shape index (κ1) is 22.1. The summed E-state index contributed by atoms with van der Waals surface area (Å²) in [6, 6.07) is 1.97. The summed E-state index contributed by atoms with van der Waals surface area (Å²) in [5.74, 6) is 0. The Hall–Kier alpha value is 0.438. The van der Waals surface area contributed by atoms with Gasteiger partial charge in [0.2, 0.25) is 0 Å². The van der Waals surface area contributed by atoms with Crippen LogP contribution in [-0.2, 0) is 19.4 Å². The molecule has 0 saturated heterocycles. The predicted octanol–water partition coefficient (Wildman–Crippen LogP) is 7.31. The average Bonchev–Trinajstić information content (AvgIpc) is 3.12. The molecule has 27 heavy (non-hydrogen) atoms. The Morgan fingerprint density at radius 3 is 1.37 bits per heavy atom. The van der Waals surface area contributed by atoms with Gasteiger partial charge in [0.15, 0.2) is 0 Å². The van der Waals surface area contributed by atoms with Crippen LogP contribution in [0.15, 0.2) is 12.4 Å². The second kappa shape index (κ2) is 11.6. The first-order valence-electron chi connectivity index (χ1n) is 11.0. The fraction of sp³-hybridized carbons (Fsp3) is 0.857. The fourth-order valence-corrected chi connectivity index (χ4v) is 6.47. The van der Waals surface area contributed by atoms with Gasteiger partial charge < -0.3 is 0 Å². The zero-order chi connectivity index (χ0) is 19.1. The van der Waals surface area contributed by atoms with Crippen molar-refractivity contribution in [2.45, 2.75) is 114 Å². The second-order valence-electron chi connectivity index (χ2n) is 8.49. The zero-order valence-electron chi connectivity index (χ0n) is 16.4. The van der Waals surface area contributed by atoms with Crippen LogP contribution in [0.1, 0.15) is 108 Å². The summed E-state index contributed by atoms with van der Waals surface area (Å²) in [5.41, 5.74) is 0. The van der Waals surface area contributed by atoms with Gasteiger partial charge in [-0.1, -0.05) is 19.3 Å². The van der Waals surface area contributed by atoms with E-state index in [9.17, 15) is 0 Å². The Balaban J connectivity index is 0.000000197. The minimum atomic E-state index is 0.419. The molecule has 6 heteroatoms. The summed E-state index contributed by atoms with van der Waals surface area (Å²) < 4.78 is 7.87. The summed E-state index contributed by atoms with van der Waals surface area (Å²) in [6.45, 7) is 0. The van der Waals surface area contributed by atoms with Crippen LogP contribution in [0, 0.1) is 3.80 Å². The zero-order valence-corrected chi connectivity index (χ0v) is 20.2. The molecule has 3 nitrogen and oxygen atoms in total. The molecule has 4 rings (SSSR count). The molecule has 0 aliphatic heterocycles. The number of hydrogen-bond donors (Lipinski definition) is 0. The van der Waals surface area contributed by atoms with E-state index in [0.29, 0.717) is 6.04 Å². The van der Waals surface area contributed by atoms with Crippen molar-refractivity contribution in [2.75, 3.05) is 0 Å². The van der Waals surface area contributed by atoms with E-state index < -0.39 is 0 Å². The van der Waals surface area contributed by atoms with Gasteiger partial charge in [-0.3, -0.25) is 0 Å². The van der Waals surface area contributed by atoms with Crippen LogP contribution in [0.4, 0.5) is 0 Å². The number of nitrogens with zero attached hydrogens (tertiary/aromatic N) is 3. The molecule has 0 bridgehead atoms. The molecule has 0 atom stereocenters. The van der Waals surface area contributed by atoms with Crippen molar-refractivity contribution in [3.63, 3.8) is 0 Å². The Kier molecular flexibility index (Phi) is 9.49. The molecule has 3 saturated carbocycles. The van der Waals surface area contributed by atoms with Crippen molar-refractivity contribution in [1.82, 2.24) is 13.1 Å². The third-order valence-electron chi connectivity index (χ3n) is 6.57. The summed E-state index contributed by atoms with van der Waals surface area (Å²) in [6.07, 6.45) is 25.0. The predicted molar refractivity (Wildman–Crippen MR) is 110 cm³/mol. The minimum absolute atomic E-state index is 0.419. The molecular weight excluding hydrogens is 560 g/mol. The molecule has 1 heterocycles. The number of halogens is 2. The van der Waals surface area contributed by atoms with Gasteiger partial charge in [-0.15, -0.1) is 3.94 Å². The summed E-state index contributed by atoms with van der Waals surface area (Å²) in [7, 11) is 0. The number of hydrogen-bond acceptors (Lipinski definition) is 1. The van der Waals surface area contributed by atoms with E-state index in [4.69, 9.17) is 23.6 Å². The molecule has 1 aromatic heterocycles. The van der Waals surface area contributed by atoms with E-state index in [2.05, 4.69) is 40.9 Å². The number of rotatable bonds is 3. The van der Waals surface area contributed by atoms with Crippen LogP contribution in [0.25, 0.3) is 0 Å². The Bertz CT molecular complexity index is 556. The van der Waals surface area contributed by atoms with Crippen LogP contribution in [0.2, 0.25) is 0 Å². The van der Waals surface area contributed by atoms with Crippen molar-refractivity contribution in [3.05, 3.63) is 16.2 Å². The Morgan fingerprint density at radius 2 is 1.04 bits per heavy atom. The molecule has 0 spiro atoms. The fourth-order valence-electron chi connectivity index (χ4n) is 4.91. The Labute approximate surface area is 186 Å². The monoisotopic (exact) mass is 594 g/mol. The van der Waals surface area contributed by atoms with Gasteiger partial charge in [0.05, 0.1) is 0 Å². The van der Waals surface area contributed by atoms with Crippen molar-refractivity contribution >= 4 is 23.6 Å².